The monoisotopic (exact) mass is 504 g/mol. The van der Waals surface area contributed by atoms with Gasteiger partial charge in [0.05, 0.1) is 16.2 Å². The van der Waals surface area contributed by atoms with Gasteiger partial charge in [0.1, 0.15) is 16.5 Å². The van der Waals surface area contributed by atoms with E-state index in [1.807, 2.05) is 54.6 Å². The minimum atomic E-state index is -3.39. The van der Waals surface area contributed by atoms with Crippen molar-refractivity contribution >= 4 is 27.5 Å². The van der Waals surface area contributed by atoms with Gasteiger partial charge >= 0.3 is 0 Å². The fraction of sp³-hybridized carbons (Fsp3) is 0.111. The Bertz CT molecular complexity index is 1360. The lowest BCUT2D eigenvalue weighted by atomic mass is 10.2. The number of hydrogen-bond acceptors (Lipinski definition) is 6. The number of amides is 1. The van der Waals surface area contributed by atoms with E-state index in [1.54, 1.807) is 48.7 Å². The van der Waals surface area contributed by atoms with Gasteiger partial charge in [-0.2, -0.15) is 0 Å². The first-order chi connectivity index (χ1) is 17.0. The number of thioether (sulfide) groups is 1. The highest BCUT2D eigenvalue weighted by Gasteiger charge is 2.17. The predicted octanol–water partition coefficient (Wildman–Crippen LogP) is 5.37. The van der Waals surface area contributed by atoms with Crippen LogP contribution >= 0.6 is 11.8 Å². The molecule has 4 rings (SSSR count). The Balaban J connectivity index is 1.32. The fourth-order valence-electron chi connectivity index (χ4n) is 3.25. The van der Waals surface area contributed by atoms with Crippen LogP contribution in [0.1, 0.15) is 15.9 Å². The molecule has 0 bridgehead atoms. The van der Waals surface area contributed by atoms with Gasteiger partial charge in [-0.3, -0.25) is 4.79 Å². The molecule has 0 aliphatic rings. The number of rotatable bonds is 10. The average Bonchev–Trinajstić information content (AvgIpc) is 2.89. The van der Waals surface area contributed by atoms with Gasteiger partial charge in [-0.1, -0.05) is 48.5 Å². The highest BCUT2D eigenvalue weighted by molar-refractivity contribution is 8.00. The van der Waals surface area contributed by atoms with E-state index >= 15 is 0 Å². The Morgan fingerprint density at radius 1 is 0.829 bits per heavy atom. The quantitative estimate of drug-likeness (QED) is 0.292. The number of sulfone groups is 1. The molecular weight excluding hydrogens is 480 g/mol. The normalized spacial score (nSPS) is 11.1. The molecule has 0 unspecified atom stereocenters. The van der Waals surface area contributed by atoms with Crippen LogP contribution in [0.15, 0.2) is 113 Å². The van der Waals surface area contributed by atoms with Gasteiger partial charge in [-0.25, -0.2) is 13.4 Å². The second kappa shape index (κ2) is 11.7. The Hall–Kier alpha value is -3.62. The van der Waals surface area contributed by atoms with Crippen LogP contribution < -0.4 is 10.1 Å². The molecule has 0 saturated heterocycles. The first-order valence-corrected chi connectivity index (χ1v) is 13.6. The molecule has 1 N–H and O–H groups in total. The zero-order valence-corrected chi connectivity index (χ0v) is 20.5. The fourth-order valence-corrected chi connectivity index (χ4v) is 5.91. The zero-order chi connectivity index (χ0) is 24.5. The molecule has 178 valence electrons. The summed E-state index contributed by atoms with van der Waals surface area (Å²) in [5, 5.41) is 3.41. The molecule has 0 aliphatic carbocycles. The molecule has 8 heteroatoms. The molecule has 0 radical (unpaired) electrons. The molecule has 6 nitrogen and oxygen atoms in total. The van der Waals surface area contributed by atoms with Crippen molar-refractivity contribution in [3.8, 4) is 11.5 Å². The summed E-state index contributed by atoms with van der Waals surface area (Å²) in [6, 6.07) is 28.7. The van der Waals surface area contributed by atoms with Crippen LogP contribution in [-0.4, -0.2) is 30.8 Å². The van der Waals surface area contributed by atoms with E-state index in [1.165, 1.54) is 11.8 Å². The number of pyridine rings is 1. The molecule has 0 aliphatic heterocycles. The van der Waals surface area contributed by atoms with Crippen molar-refractivity contribution in [3.63, 3.8) is 0 Å². The topological polar surface area (TPSA) is 85.4 Å². The minimum Gasteiger partial charge on any atom is -0.457 e. The second-order valence-electron chi connectivity index (χ2n) is 7.58. The van der Waals surface area contributed by atoms with Crippen molar-refractivity contribution in [1.29, 1.82) is 0 Å². The third kappa shape index (κ3) is 6.94. The zero-order valence-electron chi connectivity index (χ0n) is 18.8. The average molecular weight is 505 g/mol. The number of aromatic nitrogens is 1. The number of benzene rings is 3. The van der Waals surface area contributed by atoms with Crippen molar-refractivity contribution in [1.82, 2.24) is 10.3 Å². The Kier molecular flexibility index (Phi) is 8.18. The highest BCUT2D eigenvalue weighted by atomic mass is 32.2. The minimum absolute atomic E-state index is 0.0449. The molecular formula is C27H24N2O4S2. The van der Waals surface area contributed by atoms with E-state index in [0.29, 0.717) is 27.8 Å². The van der Waals surface area contributed by atoms with E-state index < -0.39 is 9.84 Å². The van der Waals surface area contributed by atoms with Gasteiger partial charge in [0, 0.05) is 18.5 Å². The van der Waals surface area contributed by atoms with Crippen LogP contribution in [0.5, 0.6) is 11.5 Å². The maximum Gasteiger partial charge on any atom is 0.254 e. The maximum absolute atomic E-state index is 12.8. The lowest BCUT2D eigenvalue weighted by molar-refractivity contribution is 0.0947. The molecule has 1 heterocycles. The van der Waals surface area contributed by atoms with Crippen molar-refractivity contribution in [2.45, 2.75) is 16.5 Å². The summed E-state index contributed by atoms with van der Waals surface area (Å²) in [5.74, 6) is 1.44. The lowest BCUT2D eigenvalue weighted by Crippen LogP contribution is -2.23. The van der Waals surface area contributed by atoms with Crippen LogP contribution in [-0.2, 0) is 16.4 Å². The lowest BCUT2D eigenvalue weighted by Gasteiger charge is -2.10. The molecule has 0 spiro atoms. The van der Waals surface area contributed by atoms with Crippen LogP contribution in [0.3, 0.4) is 0 Å². The number of nitrogens with zero attached hydrogens (tertiary/aromatic N) is 1. The van der Waals surface area contributed by atoms with Crippen molar-refractivity contribution in [2.75, 3.05) is 11.5 Å². The second-order valence-corrected chi connectivity index (χ2v) is 10.8. The van der Waals surface area contributed by atoms with E-state index in [2.05, 4.69) is 10.3 Å². The van der Waals surface area contributed by atoms with Gasteiger partial charge in [-0.15, -0.1) is 11.8 Å². The molecule has 0 atom stereocenters. The molecule has 1 amide bonds. The predicted molar refractivity (Wildman–Crippen MR) is 138 cm³/mol. The van der Waals surface area contributed by atoms with Crippen LogP contribution in [0.4, 0.5) is 0 Å². The molecule has 1 aromatic heterocycles. The van der Waals surface area contributed by atoms with E-state index in [-0.39, 0.29) is 17.4 Å². The Morgan fingerprint density at radius 3 is 2.20 bits per heavy atom. The van der Waals surface area contributed by atoms with E-state index in [4.69, 9.17) is 4.74 Å². The Morgan fingerprint density at radius 2 is 1.49 bits per heavy atom. The Labute approximate surface area is 209 Å². The summed E-state index contributed by atoms with van der Waals surface area (Å²) in [5.41, 5.74) is 1.34. The largest absolute Gasteiger partial charge is 0.457 e. The van der Waals surface area contributed by atoms with Crippen LogP contribution in [0.25, 0.3) is 0 Å². The summed E-state index contributed by atoms with van der Waals surface area (Å²) < 4.78 is 30.8. The summed E-state index contributed by atoms with van der Waals surface area (Å²) in [7, 11) is -3.39. The summed E-state index contributed by atoms with van der Waals surface area (Å²) in [4.78, 5) is 17.4. The number of nitrogens with one attached hydrogen (secondary N) is 1. The van der Waals surface area contributed by atoms with Crippen LogP contribution in [0, 0.1) is 0 Å². The van der Waals surface area contributed by atoms with Gasteiger partial charge in [-0.05, 0) is 54.1 Å². The van der Waals surface area contributed by atoms with Crippen molar-refractivity contribution in [3.05, 3.63) is 114 Å². The summed E-state index contributed by atoms with van der Waals surface area (Å²) >= 11 is 1.25. The number of carbonyl (C=O) groups excluding carboxylic acids is 1. The molecule has 0 saturated carbocycles. The SMILES string of the molecule is O=C(NCc1ccc(Oc2ccccc2)cc1)c1cccnc1SCCS(=O)(=O)c1ccccc1. The summed E-state index contributed by atoms with van der Waals surface area (Å²) in [6.07, 6.45) is 1.59. The highest BCUT2D eigenvalue weighted by Crippen LogP contribution is 2.23. The summed E-state index contributed by atoms with van der Waals surface area (Å²) in [6.45, 7) is 0.339. The van der Waals surface area contributed by atoms with Crippen molar-refractivity contribution in [2.24, 2.45) is 0 Å². The van der Waals surface area contributed by atoms with E-state index in [9.17, 15) is 13.2 Å². The standard InChI is InChI=1S/C27H24N2O4S2/c30-26(29-20-21-13-15-23(16-14-21)33-22-8-3-1-4-9-22)25-12-7-17-28-27(25)34-18-19-35(31,32)24-10-5-2-6-11-24/h1-17H,18-20H2,(H,29,30). The molecule has 3 aromatic carbocycles. The third-order valence-electron chi connectivity index (χ3n) is 5.06. The van der Waals surface area contributed by atoms with Gasteiger partial charge in [0.2, 0.25) is 0 Å². The number of hydrogen-bond donors (Lipinski definition) is 1. The smallest absolute Gasteiger partial charge is 0.254 e. The van der Waals surface area contributed by atoms with Gasteiger partial charge < -0.3 is 10.1 Å². The number of ether oxygens (including phenoxy) is 1. The van der Waals surface area contributed by atoms with Gasteiger partial charge in [0.25, 0.3) is 5.91 Å². The van der Waals surface area contributed by atoms with Crippen molar-refractivity contribution < 1.29 is 17.9 Å². The number of carbonyl (C=O) groups is 1. The van der Waals surface area contributed by atoms with Gasteiger partial charge in [0.15, 0.2) is 9.84 Å². The van der Waals surface area contributed by atoms with Crippen LogP contribution in [0.2, 0.25) is 0 Å². The molecule has 35 heavy (non-hydrogen) atoms. The first-order valence-electron chi connectivity index (χ1n) is 11.0. The number of para-hydroxylation sites is 1. The van der Waals surface area contributed by atoms with E-state index in [0.717, 1.165) is 11.3 Å². The molecule has 4 aromatic rings. The maximum atomic E-state index is 12.8. The molecule has 0 fully saturated rings. The first kappa shape index (κ1) is 24.5. The third-order valence-corrected chi connectivity index (χ3v) is 8.06.